The maximum atomic E-state index is 9.74. The SMILES string of the molecule is Cc1c(C)c(C)c2c(O)ncnc2c1C. The van der Waals surface area contributed by atoms with Gasteiger partial charge in [0.15, 0.2) is 0 Å². The van der Waals surface area contributed by atoms with Gasteiger partial charge >= 0.3 is 0 Å². The molecule has 1 aromatic carbocycles. The Morgan fingerprint density at radius 3 is 2.13 bits per heavy atom. The van der Waals surface area contributed by atoms with Crippen molar-refractivity contribution in [2.45, 2.75) is 27.7 Å². The lowest BCUT2D eigenvalue weighted by molar-refractivity contribution is 0.459. The first-order valence-electron chi connectivity index (χ1n) is 4.94. The van der Waals surface area contributed by atoms with E-state index >= 15 is 0 Å². The minimum Gasteiger partial charge on any atom is -0.493 e. The first-order chi connectivity index (χ1) is 7.04. The van der Waals surface area contributed by atoms with Gasteiger partial charge in [-0.2, -0.15) is 0 Å². The Labute approximate surface area is 88.8 Å². The van der Waals surface area contributed by atoms with Gasteiger partial charge in [0.2, 0.25) is 5.88 Å². The first-order valence-corrected chi connectivity index (χ1v) is 4.94. The molecule has 0 bridgehead atoms. The number of aryl methyl sites for hydroxylation is 2. The third kappa shape index (κ3) is 1.27. The predicted molar refractivity (Wildman–Crippen MR) is 60.2 cm³/mol. The van der Waals surface area contributed by atoms with Gasteiger partial charge in [-0.3, -0.25) is 0 Å². The third-order valence-electron chi connectivity index (χ3n) is 3.24. The average molecular weight is 202 g/mol. The summed E-state index contributed by atoms with van der Waals surface area (Å²) in [5, 5.41) is 10.5. The Morgan fingerprint density at radius 2 is 1.47 bits per heavy atom. The van der Waals surface area contributed by atoms with Crippen molar-refractivity contribution in [2.75, 3.05) is 0 Å². The van der Waals surface area contributed by atoms with Crippen molar-refractivity contribution < 1.29 is 5.11 Å². The van der Waals surface area contributed by atoms with Gasteiger partial charge in [-0.15, -0.1) is 0 Å². The number of aromatic nitrogens is 2. The van der Waals surface area contributed by atoms with Crippen molar-refractivity contribution in [2.24, 2.45) is 0 Å². The average Bonchev–Trinajstić information content (AvgIpc) is 2.23. The number of fused-ring (bicyclic) bond motifs is 1. The van der Waals surface area contributed by atoms with Crippen molar-refractivity contribution in [1.29, 1.82) is 0 Å². The molecular weight excluding hydrogens is 188 g/mol. The molecule has 0 aliphatic rings. The van der Waals surface area contributed by atoms with Gasteiger partial charge in [-0.25, -0.2) is 9.97 Å². The second kappa shape index (κ2) is 3.19. The molecular formula is C12H14N2O. The van der Waals surface area contributed by atoms with Gasteiger partial charge in [0.05, 0.1) is 10.9 Å². The summed E-state index contributed by atoms with van der Waals surface area (Å²) in [5.41, 5.74) is 5.46. The fraction of sp³-hybridized carbons (Fsp3) is 0.333. The van der Waals surface area contributed by atoms with Gasteiger partial charge in [0.1, 0.15) is 6.33 Å². The van der Waals surface area contributed by atoms with Crippen LogP contribution in [0.3, 0.4) is 0 Å². The molecule has 3 nitrogen and oxygen atoms in total. The van der Waals surface area contributed by atoms with E-state index in [4.69, 9.17) is 0 Å². The lowest BCUT2D eigenvalue weighted by Crippen LogP contribution is -1.96. The Balaban J connectivity index is 3.08. The maximum absolute atomic E-state index is 9.74. The molecule has 1 N–H and O–H groups in total. The molecule has 3 heteroatoms. The molecule has 78 valence electrons. The Bertz CT molecular complexity index is 547. The van der Waals surface area contributed by atoms with Crippen LogP contribution in [0.5, 0.6) is 5.88 Å². The lowest BCUT2D eigenvalue weighted by atomic mass is 9.95. The Morgan fingerprint density at radius 1 is 0.867 bits per heavy atom. The van der Waals surface area contributed by atoms with Crippen LogP contribution >= 0.6 is 0 Å². The Hall–Kier alpha value is -1.64. The molecule has 0 fully saturated rings. The molecule has 15 heavy (non-hydrogen) atoms. The molecule has 0 amide bonds. The zero-order valence-corrected chi connectivity index (χ0v) is 9.42. The van der Waals surface area contributed by atoms with Gasteiger partial charge in [-0.05, 0) is 49.9 Å². The number of aromatic hydroxyl groups is 1. The molecule has 0 aliphatic heterocycles. The van der Waals surface area contributed by atoms with Crippen LogP contribution < -0.4 is 0 Å². The van der Waals surface area contributed by atoms with Crippen molar-refractivity contribution in [1.82, 2.24) is 9.97 Å². The molecule has 0 atom stereocenters. The topological polar surface area (TPSA) is 46.0 Å². The minimum atomic E-state index is 0.0729. The summed E-state index contributed by atoms with van der Waals surface area (Å²) >= 11 is 0. The van der Waals surface area contributed by atoms with Crippen molar-refractivity contribution >= 4 is 10.9 Å². The second-order valence-corrected chi connectivity index (χ2v) is 3.92. The quantitative estimate of drug-likeness (QED) is 0.714. The highest BCUT2D eigenvalue weighted by Gasteiger charge is 2.13. The predicted octanol–water partition coefficient (Wildman–Crippen LogP) is 2.57. The summed E-state index contributed by atoms with van der Waals surface area (Å²) in [6.07, 6.45) is 1.40. The van der Waals surface area contributed by atoms with E-state index in [1.807, 2.05) is 13.8 Å². The molecule has 0 saturated heterocycles. The van der Waals surface area contributed by atoms with Crippen LogP contribution in [0.4, 0.5) is 0 Å². The number of hydrogen-bond acceptors (Lipinski definition) is 3. The largest absolute Gasteiger partial charge is 0.493 e. The molecule has 0 aliphatic carbocycles. The van der Waals surface area contributed by atoms with E-state index in [1.54, 1.807) is 0 Å². The summed E-state index contributed by atoms with van der Waals surface area (Å²) in [6.45, 7) is 8.16. The van der Waals surface area contributed by atoms with E-state index in [9.17, 15) is 5.11 Å². The zero-order valence-electron chi connectivity index (χ0n) is 9.42. The lowest BCUT2D eigenvalue weighted by Gasteiger charge is -2.13. The maximum Gasteiger partial charge on any atom is 0.222 e. The van der Waals surface area contributed by atoms with Crippen LogP contribution in [0.1, 0.15) is 22.3 Å². The van der Waals surface area contributed by atoms with Crippen LogP contribution in [0.15, 0.2) is 6.33 Å². The monoisotopic (exact) mass is 202 g/mol. The van der Waals surface area contributed by atoms with Gasteiger partial charge in [0, 0.05) is 0 Å². The van der Waals surface area contributed by atoms with Crippen LogP contribution in [0.2, 0.25) is 0 Å². The number of nitrogens with zero attached hydrogens (tertiary/aromatic N) is 2. The first kappa shape index (κ1) is 9.90. The number of benzene rings is 1. The van der Waals surface area contributed by atoms with Crippen molar-refractivity contribution in [3.8, 4) is 5.88 Å². The summed E-state index contributed by atoms with van der Waals surface area (Å²) in [5.74, 6) is 0.0729. The summed E-state index contributed by atoms with van der Waals surface area (Å²) < 4.78 is 0. The molecule has 1 heterocycles. The van der Waals surface area contributed by atoms with Crippen LogP contribution in [0, 0.1) is 27.7 Å². The van der Waals surface area contributed by atoms with Gasteiger partial charge in [0.25, 0.3) is 0 Å². The van der Waals surface area contributed by atoms with Crippen LogP contribution in [0.25, 0.3) is 10.9 Å². The molecule has 2 rings (SSSR count). The van der Waals surface area contributed by atoms with Crippen molar-refractivity contribution in [3.63, 3.8) is 0 Å². The van der Waals surface area contributed by atoms with E-state index in [0.717, 1.165) is 22.0 Å². The van der Waals surface area contributed by atoms with E-state index < -0.39 is 0 Å². The molecule has 0 unspecified atom stereocenters. The molecule has 0 saturated carbocycles. The number of rotatable bonds is 0. The van der Waals surface area contributed by atoms with Gasteiger partial charge < -0.3 is 5.11 Å². The summed E-state index contributed by atoms with van der Waals surface area (Å²) in [4.78, 5) is 8.06. The normalized spacial score (nSPS) is 10.9. The van der Waals surface area contributed by atoms with Crippen molar-refractivity contribution in [3.05, 3.63) is 28.6 Å². The molecule has 0 radical (unpaired) electrons. The van der Waals surface area contributed by atoms with E-state index in [2.05, 4.69) is 23.8 Å². The van der Waals surface area contributed by atoms with E-state index in [-0.39, 0.29) is 5.88 Å². The standard InChI is InChI=1S/C12H14N2O/c1-6-7(2)9(4)11-10(8(6)3)12(15)14-5-13-11/h5H,1-4H3,(H,13,14,15). The fourth-order valence-electron chi connectivity index (χ4n) is 1.93. The van der Waals surface area contributed by atoms with E-state index in [1.165, 1.54) is 17.5 Å². The van der Waals surface area contributed by atoms with Crippen LogP contribution in [-0.4, -0.2) is 15.1 Å². The highest BCUT2D eigenvalue weighted by molar-refractivity contribution is 5.90. The smallest absolute Gasteiger partial charge is 0.222 e. The molecule has 1 aromatic heterocycles. The number of hydrogen-bond donors (Lipinski definition) is 1. The summed E-state index contributed by atoms with van der Waals surface area (Å²) in [6, 6.07) is 0. The minimum absolute atomic E-state index is 0.0729. The van der Waals surface area contributed by atoms with Gasteiger partial charge in [-0.1, -0.05) is 0 Å². The highest BCUT2D eigenvalue weighted by Crippen LogP contribution is 2.31. The fourth-order valence-corrected chi connectivity index (χ4v) is 1.93. The zero-order chi connectivity index (χ0) is 11.2. The summed E-state index contributed by atoms with van der Waals surface area (Å²) in [7, 11) is 0. The molecule has 2 aromatic rings. The van der Waals surface area contributed by atoms with Crippen LogP contribution in [-0.2, 0) is 0 Å². The third-order valence-corrected chi connectivity index (χ3v) is 3.24. The van der Waals surface area contributed by atoms with E-state index in [0.29, 0.717) is 0 Å². The Kier molecular flexibility index (Phi) is 2.11. The molecule has 0 spiro atoms. The second-order valence-electron chi connectivity index (χ2n) is 3.92. The highest BCUT2D eigenvalue weighted by atomic mass is 16.3.